The van der Waals surface area contributed by atoms with Crippen molar-refractivity contribution in [2.75, 3.05) is 16.8 Å². The molecular weight excluding hydrogens is 493 g/mol. The van der Waals surface area contributed by atoms with Crippen molar-refractivity contribution in [3.05, 3.63) is 106 Å². The average Bonchev–Trinajstić information content (AvgIpc) is 2.88. The van der Waals surface area contributed by atoms with Gasteiger partial charge in [-0.2, -0.15) is 4.98 Å². The third-order valence-corrected chi connectivity index (χ3v) is 6.75. The van der Waals surface area contributed by atoms with Crippen LogP contribution in [0.5, 0.6) is 5.75 Å². The molecule has 5 rings (SSSR count). The van der Waals surface area contributed by atoms with Crippen LogP contribution < -0.4 is 15.0 Å². The molecule has 3 aromatic carbocycles. The molecule has 1 aliphatic rings. The molecule has 0 fully saturated rings. The zero-order valence-electron chi connectivity index (χ0n) is 21.1. The van der Waals surface area contributed by atoms with Gasteiger partial charge >= 0.3 is 5.97 Å². The Balaban J connectivity index is 1.37. The van der Waals surface area contributed by atoms with E-state index in [1.54, 1.807) is 24.3 Å². The SMILES string of the molecule is Cc1nc(Nc2ccc(F)cc2)nc(N2CCc3cc(OC(=O)c4ccc(F)cc4F)ccc3C2C)c1C. The summed E-state index contributed by atoms with van der Waals surface area (Å²) in [6.45, 7) is 6.63. The van der Waals surface area contributed by atoms with E-state index in [2.05, 4.69) is 22.1 Å². The summed E-state index contributed by atoms with van der Waals surface area (Å²) in [6, 6.07) is 14.0. The molecule has 1 aromatic heterocycles. The summed E-state index contributed by atoms with van der Waals surface area (Å²) in [7, 11) is 0. The number of anilines is 3. The van der Waals surface area contributed by atoms with Crippen LogP contribution in [0.4, 0.5) is 30.6 Å². The normalized spacial score (nSPS) is 14.7. The summed E-state index contributed by atoms with van der Waals surface area (Å²) in [5, 5.41) is 3.15. The molecule has 1 N–H and O–H groups in total. The Morgan fingerprint density at radius 2 is 1.71 bits per heavy atom. The van der Waals surface area contributed by atoms with E-state index in [0.717, 1.165) is 40.3 Å². The Labute approximate surface area is 218 Å². The first-order chi connectivity index (χ1) is 18.2. The standard InChI is InChI=1S/C29H25F3N4O2/c1-16-17(2)33-29(34-22-7-4-20(30)5-8-22)35-27(16)36-13-12-19-14-23(9-11-24(19)18(36)3)38-28(37)25-10-6-21(31)15-26(25)32/h4-11,14-15,18H,12-13H2,1-3H3,(H,33,34,35). The van der Waals surface area contributed by atoms with Crippen LogP contribution in [-0.2, 0) is 6.42 Å². The molecule has 0 bridgehead atoms. The van der Waals surface area contributed by atoms with Crippen molar-refractivity contribution in [1.82, 2.24) is 9.97 Å². The third kappa shape index (κ3) is 5.04. The minimum Gasteiger partial charge on any atom is -0.423 e. The van der Waals surface area contributed by atoms with Crippen molar-refractivity contribution in [1.29, 1.82) is 0 Å². The third-order valence-electron chi connectivity index (χ3n) is 6.75. The summed E-state index contributed by atoms with van der Waals surface area (Å²) in [4.78, 5) is 24.0. The van der Waals surface area contributed by atoms with Crippen molar-refractivity contribution in [3.63, 3.8) is 0 Å². The highest BCUT2D eigenvalue weighted by atomic mass is 19.1. The van der Waals surface area contributed by atoms with E-state index in [0.29, 0.717) is 30.7 Å². The largest absolute Gasteiger partial charge is 0.423 e. The number of carbonyl (C=O) groups excluding carboxylic acids is 1. The van der Waals surface area contributed by atoms with Crippen LogP contribution in [0.2, 0.25) is 0 Å². The van der Waals surface area contributed by atoms with Crippen molar-refractivity contribution in [2.45, 2.75) is 33.2 Å². The molecule has 0 amide bonds. The van der Waals surface area contributed by atoms with E-state index >= 15 is 0 Å². The summed E-state index contributed by atoms with van der Waals surface area (Å²) in [5.41, 5.74) is 4.19. The number of rotatable bonds is 5. The van der Waals surface area contributed by atoms with Gasteiger partial charge in [0, 0.05) is 29.6 Å². The fourth-order valence-corrected chi connectivity index (χ4v) is 4.59. The van der Waals surface area contributed by atoms with Crippen molar-refractivity contribution in [2.24, 2.45) is 0 Å². The topological polar surface area (TPSA) is 67.3 Å². The predicted octanol–water partition coefficient (Wildman–Crippen LogP) is 6.60. The Bertz CT molecular complexity index is 1530. The van der Waals surface area contributed by atoms with Crippen LogP contribution in [0.3, 0.4) is 0 Å². The van der Waals surface area contributed by atoms with Crippen LogP contribution >= 0.6 is 0 Å². The molecule has 4 aromatic rings. The number of aromatic nitrogens is 2. The lowest BCUT2D eigenvalue weighted by Gasteiger charge is -2.37. The van der Waals surface area contributed by atoms with Gasteiger partial charge in [0.15, 0.2) is 0 Å². The molecule has 0 saturated heterocycles. The van der Waals surface area contributed by atoms with Gasteiger partial charge in [0.2, 0.25) is 5.95 Å². The van der Waals surface area contributed by atoms with Crippen LogP contribution in [0.15, 0.2) is 60.7 Å². The number of hydrogen-bond donors (Lipinski definition) is 1. The fourth-order valence-electron chi connectivity index (χ4n) is 4.59. The number of fused-ring (bicyclic) bond motifs is 1. The lowest BCUT2D eigenvalue weighted by molar-refractivity contribution is 0.0729. The first kappa shape index (κ1) is 25.3. The lowest BCUT2D eigenvalue weighted by Crippen LogP contribution is -2.35. The molecule has 9 heteroatoms. The van der Waals surface area contributed by atoms with Gasteiger partial charge in [0.05, 0.1) is 11.6 Å². The molecule has 0 radical (unpaired) electrons. The van der Waals surface area contributed by atoms with Gasteiger partial charge < -0.3 is 15.0 Å². The second-order valence-corrected chi connectivity index (χ2v) is 9.21. The highest BCUT2D eigenvalue weighted by molar-refractivity contribution is 5.91. The minimum atomic E-state index is -0.971. The Kier molecular flexibility index (Phi) is 6.75. The van der Waals surface area contributed by atoms with E-state index < -0.39 is 17.6 Å². The monoisotopic (exact) mass is 518 g/mol. The van der Waals surface area contributed by atoms with Gasteiger partial charge in [-0.3, -0.25) is 0 Å². The smallest absolute Gasteiger partial charge is 0.346 e. The Morgan fingerprint density at radius 1 is 0.974 bits per heavy atom. The highest BCUT2D eigenvalue weighted by Gasteiger charge is 2.28. The zero-order valence-corrected chi connectivity index (χ0v) is 21.1. The number of benzene rings is 3. The van der Waals surface area contributed by atoms with Crippen LogP contribution in [0, 0.1) is 31.3 Å². The fraction of sp³-hybridized carbons (Fsp3) is 0.207. The lowest BCUT2D eigenvalue weighted by atomic mass is 9.93. The molecule has 1 unspecified atom stereocenters. The maximum atomic E-state index is 14.0. The van der Waals surface area contributed by atoms with Gasteiger partial charge in [-0.25, -0.2) is 22.9 Å². The first-order valence-electron chi connectivity index (χ1n) is 12.1. The van der Waals surface area contributed by atoms with E-state index in [9.17, 15) is 18.0 Å². The maximum absolute atomic E-state index is 14.0. The summed E-state index contributed by atoms with van der Waals surface area (Å²) >= 11 is 0. The molecule has 1 atom stereocenters. The number of nitrogens with zero attached hydrogens (tertiary/aromatic N) is 3. The summed E-state index contributed by atoms with van der Waals surface area (Å²) in [5.74, 6) is -1.44. The van der Waals surface area contributed by atoms with E-state index in [1.165, 1.54) is 12.1 Å². The van der Waals surface area contributed by atoms with E-state index in [-0.39, 0.29) is 23.2 Å². The van der Waals surface area contributed by atoms with Crippen LogP contribution in [0.25, 0.3) is 0 Å². The second-order valence-electron chi connectivity index (χ2n) is 9.21. The summed E-state index contributed by atoms with van der Waals surface area (Å²) < 4.78 is 45.8. The maximum Gasteiger partial charge on any atom is 0.346 e. The predicted molar refractivity (Wildman–Crippen MR) is 138 cm³/mol. The molecular formula is C29H25F3N4O2. The quantitative estimate of drug-likeness (QED) is 0.237. The van der Waals surface area contributed by atoms with E-state index in [1.807, 2.05) is 19.9 Å². The molecule has 2 heterocycles. The van der Waals surface area contributed by atoms with Gasteiger partial charge in [-0.15, -0.1) is 0 Å². The average molecular weight is 519 g/mol. The molecule has 6 nitrogen and oxygen atoms in total. The molecule has 0 spiro atoms. The number of esters is 1. The van der Waals surface area contributed by atoms with Crippen molar-refractivity contribution < 1.29 is 22.7 Å². The van der Waals surface area contributed by atoms with Gasteiger partial charge in [0.25, 0.3) is 0 Å². The van der Waals surface area contributed by atoms with Gasteiger partial charge in [0.1, 0.15) is 29.0 Å². The summed E-state index contributed by atoms with van der Waals surface area (Å²) in [6.07, 6.45) is 0.666. The second kappa shape index (κ2) is 10.2. The minimum absolute atomic E-state index is 0.0373. The van der Waals surface area contributed by atoms with Crippen molar-refractivity contribution in [3.8, 4) is 5.75 Å². The van der Waals surface area contributed by atoms with Crippen LogP contribution in [0.1, 0.15) is 45.7 Å². The Hall–Kier alpha value is -4.40. The number of halogens is 3. The molecule has 1 aliphatic heterocycles. The highest BCUT2D eigenvalue weighted by Crippen LogP contribution is 2.36. The Morgan fingerprint density at radius 3 is 2.45 bits per heavy atom. The van der Waals surface area contributed by atoms with Gasteiger partial charge in [-0.1, -0.05) is 6.07 Å². The van der Waals surface area contributed by atoms with Crippen LogP contribution in [-0.4, -0.2) is 22.5 Å². The number of nitrogens with one attached hydrogen (secondary N) is 1. The van der Waals surface area contributed by atoms with E-state index in [4.69, 9.17) is 9.72 Å². The first-order valence-corrected chi connectivity index (χ1v) is 12.1. The number of carbonyl (C=O) groups is 1. The van der Waals surface area contributed by atoms with Gasteiger partial charge in [-0.05, 0) is 86.8 Å². The number of aryl methyl sites for hydroxylation is 1. The zero-order chi connectivity index (χ0) is 27.0. The van der Waals surface area contributed by atoms with Crippen molar-refractivity contribution >= 4 is 23.4 Å². The number of hydrogen-bond acceptors (Lipinski definition) is 6. The molecule has 0 aliphatic carbocycles. The molecule has 0 saturated carbocycles. The molecule has 38 heavy (non-hydrogen) atoms. The number of ether oxygens (including phenoxy) is 1. The molecule has 194 valence electrons.